The molecule has 0 fully saturated rings. The Hall–Kier alpha value is -1.89. The van der Waals surface area contributed by atoms with Crippen LogP contribution < -0.4 is 10.6 Å². The zero-order chi connectivity index (χ0) is 17.7. The van der Waals surface area contributed by atoms with Gasteiger partial charge in [-0.15, -0.1) is 11.3 Å². The van der Waals surface area contributed by atoms with E-state index >= 15 is 0 Å². The van der Waals surface area contributed by atoms with Gasteiger partial charge in [0.1, 0.15) is 4.88 Å². The molecule has 0 aromatic carbocycles. The fraction of sp³-hybridized carbons (Fsp3) is 0.588. The minimum absolute atomic E-state index is 0.288. The maximum Gasteiger partial charge on any atom is 0.348 e. The van der Waals surface area contributed by atoms with E-state index in [-0.39, 0.29) is 5.92 Å². The highest BCUT2D eigenvalue weighted by Crippen LogP contribution is 2.32. The quantitative estimate of drug-likeness (QED) is 0.798. The zero-order valence-corrected chi connectivity index (χ0v) is 15.1. The van der Waals surface area contributed by atoms with E-state index < -0.39 is 24.5 Å². The predicted octanol–water partition coefficient (Wildman–Crippen LogP) is 2.51. The van der Waals surface area contributed by atoms with Crippen molar-refractivity contribution in [3.63, 3.8) is 0 Å². The number of hydrogen-bond donors (Lipinski definition) is 2. The van der Waals surface area contributed by atoms with Gasteiger partial charge in [0, 0.05) is 11.4 Å². The first-order valence-electron chi connectivity index (χ1n) is 8.21. The van der Waals surface area contributed by atoms with E-state index in [0.717, 1.165) is 19.3 Å². The molecule has 1 aliphatic carbocycles. The molecule has 2 N–H and O–H groups in total. The topological polar surface area (TPSA) is 84.5 Å². The first-order chi connectivity index (χ1) is 11.3. The van der Waals surface area contributed by atoms with Crippen LogP contribution in [0.2, 0.25) is 0 Å². The monoisotopic (exact) mass is 352 g/mol. The lowest BCUT2D eigenvalue weighted by Crippen LogP contribution is -2.42. The molecule has 132 valence electrons. The molecule has 0 spiro atoms. The summed E-state index contributed by atoms with van der Waals surface area (Å²) in [5.74, 6) is -0.235. The van der Waals surface area contributed by atoms with Gasteiger partial charge in [-0.3, -0.25) is 10.1 Å². The van der Waals surface area contributed by atoms with Gasteiger partial charge < -0.3 is 10.1 Å². The number of ether oxygens (including phenoxy) is 1. The molecule has 1 heterocycles. The molecular weight excluding hydrogens is 328 g/mol. The second-order valence-electron chi connectivity index (χ2n) is 6.64. The van der Waals surface area contributed by atoms with Crippen LogP contribution in [0.1, 0.15) is 47.3 Å². The third kappa shape index (κ3) is 5.33. The number of carbonyl (C=O) groups is 3. The lowest BCUT2D eigenvalue weighted by Gasteiger charge is -2.16. The van der Waals surface area contributed by atoms with Crippen LogP contribution in [0.25, 0.3) is 0 Å². The Morgan fingerprint density at radius 3 is 2.83 bits per heavy atom. The summed E-state index contributed by atoms with van der Waals surface area (Å²) in [6.07, 6.45) is 3.11. The lowest BCUT2D eigenvalue weighted by molar-refractivity contribution is -0.123. The zero-order valence-electron chi connectivity index (χ0n) is 14.3. The van der Waals surface area contributed by atoms with Crippen LogP contribution in [-0.4, -0.2) is 31.1 Å². The highest BCUT2D eigenvalue weighted by atomic mass is 32.1. The maximum atomic E-state index is 12.1. The molecule has 2 rings (SSSR count). The molecular formula is C17H24N2O4S. The summed E-state index contributed by atoms with van der Waals surface area (Å²) < 4.78 is 5.00. The fourth-order valence-corrected chi connectivity index (χ4v) is 3.61. The average molecular weight is 352 g/mol. The number of imide groups is 1. The van der Waals surface area contributed by atoms with Crippen LogP contribution in [0, 0.1) is 11.8 Å². The lowest BCUT2D eigenvalue weighted by atomic mass is 9.90. The van der Waals surface area contributed by atoms with Crippen molar-refractivity contribution >= 4 is 29.2 Å². The van der Waals surface area contributed by atoms with E-state index in [0.29, 0.717) is 17.3 Å². The molecule has 7 heteroatoms. The summed E-state index contributed by atoms with van der Waals surface area (Å²) in [6.45, 7) is 6.11. The molecule has 0 saturated carbocycles. The van der Waals surface area contributed by atoms with Crippen LogP contribution in [0.3, 0.4) is 0 Å². The third-order valence-corrected chi connectivity index (χ3v) is 5.01. The van der Waals surface area contributed by atoms with Crippen molar-refractivity contribution in [3.05, 3.63) is 21.4 Å². The second kappa shape index (κ2) is 8.28. The van der Waals surface area contributed by atoms with Crippen molar-refractivity contribution in [2.45, 2.75) is 40.0 Å². The summed E-state index contributed by atoms with van der Waals surface area (Å²) in [5, 5.41) is 4.69. The molecule has 0 radical (unpaired) electrons. The Morgan fingerprint density at radius 2 is 2.12 bits per heavy atom. The van der Waals surface area contributed by atoms with E-state index in [4.69, 9.17) is 4.74 Å². The smallest absolute Gasteiger partial charge is 0.348 e. The Kier molecular flexibility index (Phi) is 6.36. The summed E-state index contributed by atoms with van der Waals surface area (Å²) in [5.41, 5.74) is 1.21. The highest BCUT2D eigenvalue weighted by molar-refractivity contribution is 7.14. The van der Waals surface area contributed by atoms with Crippen molar-refractivity contribution in [1.82, 2.24) is 10.6 Å². The molecule has 1 aromatic heterocycles. The predicted molar refractivity (Wildman–Crippen MR) is 92.2 cm³/mol. The summed E-state index contributed by atoms with van der Waals surface area (Å²) in [4.78, 5) is 36.9. The van der Waals surface area contributed by atoms with Crippen molar-refractivity contribution in [2.24, 2.45) is 11.8 Å². The molecule has 1 atom stereocenters. The van der Waals surface area contributed by atoms with Gasteiger partial charge in [0.05, 0.1) is 0 Å². The molecule has 0 aliphatic heterocycles. The van der Waals surface area contributed by atoms with Gasteiger partial charge in [0.2, 0.25) is 0 Å². The minimum Gasteiger partial charge on any atom is -0.451 e. The van der Waals surface area contributed by atoms with Crippen LogP contribution >= 0.6 is 11.3 Å². The van der Waals surface area contributed by atoms with Gasteiger partial charge in [-0.2, -0.15) is 0 Å². The minimum atomic E-state index is -0.639. The van der Waals surface area contributed by atoms with Gasteiger partial charge in [0.15, 0.2) is 6.61 Å². The Balaban J connectivity index is 1.78. The largest absolute Gasteiger partial charge is 0.451 e. The summed E-state index contributed by atoms with van der Waals surface area (Å²) in [6, 6.07) is 1.29. The number of urea groups is 1. The van der Waals surface area contributed by atoms with Crippen LogP contribution in [0.4, 0.5) is 4.79 Å². The van der Waals surface area contributed by atoms with Gasteiger partial charge in [0.25, 0.3) is 5.91 Å². The van der Waals surface area contributed by atoms with E-state index in [2.05, 4.69) is 17.6 Å². The molecule has 1 aromatic rings. The highest BCUT2D eigenvalue weighted by Gasteiger charge is 2.22. The number of thiophene rings is 1. The second-order valence-corrected chi connectivity index (χ2v) is 7.77. The molecule has 3 amide bonds. The number of rotatable bonds is 5. The number of hydrogen-bond acceptors (Lipinski definition) is 5. The average Bonchev–Trinajstić information content (AvgIpc) is 2.93. The van der Waals surface area contributed by atoms with E-state index in [9.17, 15) is 14.4 Å². The molecule has 24 heavy (non-hydrogen) atoms. The van der Waals surface area contributed by atoms with Gasteiger partial charge >= 0.3 is 12.0 Å². The van der Waals surface area contributed by atoms with Gasteiger partial charge in [-0.05, 0) is 42.7 Å². The third-order valence-electron chi connectivity index (χ3n) is 3.79. The summed E-state index contributed by atoms with van der Waals surface area (Å²) in [7, 11) is 0. The van der Waals surface area contributed by atoms with E-state index in [1.54, 1.807) is 0 Å². The normalized spacial score (nSPS) is 16.4. The molecule has 0 bridgehead atoms. The molecule has 1 aliphatic rings. The first-order valence-corrected chi connectivity index (χ1v) is 9.03. The number of carbonyl (C=O) groups excluding carboxylic acids is 3. The first kappa shape index (κ1) is 18.4. The van der Waals surface area contributed by atoms with Crippen molar-refractivity contribution < 1.29 is 19.1 Å². The molecule has 0 saturated heterocycles. The Morgan fingerprint density at radius 1 is 1.38 bits per heavy atom. The van der Waals surface area contributed by atoms with Gasteiger partial charge in [-0.25, -0.2) is 9.59 Å². The SMILES string of the molecule is CC(C)CNC(=O)NC(=O)COC(=O)c1cc2c(s1)CC[C@@H](C)C2. The van der Waals surface area contributed by atoms with Crippen LogP contribution in [-0.2, 0) is 22.4 Å². The van der Waals surface area contributed by atoms with E-state index in [1.807, 2.05) is 19.9 Å². The molecule has 6 nitrogen and oxygen atoms in total. The Labute approximate surface area is 146 Å². The number of fused-ring (bicyclic) bond motifs is 1. The number of nitrogens with one attached hydrogen (secondary N) is 2. The number of amides is 3. The van der Waals surface area contributed by atoms with Crippen molar-refractivity contribution in [1.29, 1.82) is 0 Å². The number of aryl methyl sites for hydroxylation is 1. The fourth-order valence-electron chi connectivity index (χ4n) is 2.51. The Bertz CT molecular complexity index is 624. The molecule has 0 unspecified atom stereocenters. The van der Waals surface area contributed by atoms with Gasteiger partial charge in [-0.1, -0.05) is 20.8 Å². The van der Waals surface area contributed by atoms with Crippen molar-refractivity contribution in [3.8, 4) is 0 Å². The van der Waals surface area contributed by atoms with Crippen LogP contribution in [0.15, 0.2) is 6.07 Å². The number of esters is 1. The maximum absolute atomic E-state index is 12.1. The van der Waals surface area contributed by atoms with Crippen molar-refractivity contribution in [2.75, 3.05) is 13.2 Å². The standard InChI is InChI=1S/C17H24N2O4S/c1-10(2)8-18-17(22)19-15(20)9-23-16(21)14-7-12-6-11(3)4-5-13(12)24-14/h7,10-11H,4-6,8-9H2,1-3H3,(H2,18,19,20,22)/t11-/m1/s1. The summed E-state index contributed by atoms with van der Waals surface area (Å²) >= 11 is 1.44. The van der Waals surface area contributed by atoms with E-state index in [1.165, 1.54) is 21.8 Å². The van der Waals surface area contributed by atoms with Crippen LogP contribution in [0.5, 0.6) is 0 Å².